The maximum absolute atomic E-state index is 5.27. The Kier molecular flexibility index (Phi) is 2.46. The molecule has 2 heteroatoms. The summed E-state index contributed by atoms with van der Waals surface area (Å²) in [6.07, 6.45) is 0. The minimum atomic E-state index is 0.849. The highest BCUT2D eigenvalue weighted by atomic mass is 35.5. The first kappa shape index (κ1) is 7.29. The standard InChI is InChI=1S/C8H8ClN/c1-7(10-9)8-5-3-2-4-6-8/h2-6H,1H3. The third kappa shape index (κ3) is 1.58. The second-order valence-electron chi connectivity index (χ2n) is 2.04. The minimum Gasteiger partial charge on any atom is -0.182 e. The predicted octanol–water partition coefficient (Wildman–Crippen LogP) is 2.65. The van der Waals surface area contributed by atoms with Gasteiger partial charge in [0, 0.05) is 11.8 Å². The van der Waals surface area contributed by atoms with Gasteiger partial charge < -0.3 is 0 Å². The first-order valence-electron chi connectivity index (χ1n) is 3.05. The zero-order chi connectivity index (χ0) is 7.40. The van der Waals surface area contributed by atoms with E-state index in [9.17, 15) is 0 Å². The van der Waals surface area contributed by atoms with Crippen LogP contribution >= 0.6 is 11.8 Å². The molecule has 0 atom stereocenters. The lowest BCUT2D eigenvalue weighted by atomic mass is 10.1. The molecule has 1 nitrogen and oxygen atoms in total. The Morgan fingerprint density at radius 2 is 1.90 bits per heavy atom. The van der Waals surface area contributed by atoms with E-state index in [1.54, 1.807) is 0 Å². The average molecular weight is 154 g/mol. The van der Waals surface area contributed by atoms with E-state index < -0.39 is 0 Å². The smallest absolute Gasteiger partial charge is 0.0592 e. The molecule has 0 unspecified atom stereocenters. The van der Waals surface area contributed by atoms with Crippen molar-refractivity contribution < 1.29 is 0 Å². The van der Waals surface area contributed by atoms with Crippen LogP contribution in [0.3, 0.4) is 0 Å². The van der Waals surface area contributed by atoms with Gasteiger partial charge in [-0.3, -0.25) is 0 Å². The Morgan fingerprint density at radius 1 is 1.30 bits per heavy atom. The molecule has 0 aliphatic heterocycles. The predicted molar refractivity (Wildman–Crippen MR) is 44.5 cm³/mol. The second-order valence-corrected chi connectivity index (χ2v) is 2.20. The Bertz CT molecular complexity index is 228. The average Bonchev–Trinajstić information content (AvgIpc) is 2.05. The third-order valence-electron chi connectivity index (χ3n) is 1.32. The summed E-state index contributed by atoms with van der Waals surface area (Å²) in [5.74, 6) is 0. The molecule has 52 valence electrons. The topological polar surface area (TPSA) is 12.4 Å². The Hall–Kier alpha value is -0.820. The summed E-state index contributed by atoms with van der Waals surface area (Å²) in [4.78, 5) is 0. The zero-order valence-corrected chi connectivity index (χ0v) is 6.47. The van der Waals surface area contributed by atoms with Crippen molar-refractivity contribution in [3.05, 3.63) is 35.9 Å². The summed E-state index contributed by atoms with van der Waals surface area (Å²) >= 11 is 5.27. The first-order valence-corrected chi connectivity index (χ1v) is 3.39. The Labute approximate surface area is 65.5 Å². The molecule has 1 aromatic carbocycles. The first-order chi connectivity index (χ1) is 4.84. The van der Waals surface area contributed by atoms with Crippen LogP contribution in [0.1, 0.15) is 12.5 Å². The van der Waals surface area contributed by atoms with Crippen molar-refractivity contribution in [3.63, 3.8) is 0 Å². The summed E-state index contributed by atoms with van der Waals surface area (Å²) in [7, 11) is 0. The monoisotopic (exact) mass is 153 g/mol. The van der Waals surface area contributed by atoms with Gasteiger partial charge in [-0.25, -0.2) is 0 Å². The highest BCUT2D eigenvalue weighted by molar-refractivity contribution is 6.22. The molecule has 0 bridgehead atoms. The van der Waals surface area contributed by atoms with Crippen LogP contribution in [0.25, 0.3) is 0 Å². The van der Waals surface area contributed by atoms with E-state index in [1.807, 2.05) is 37.3 Å². The summed E-state index contributed by atoms with van der Waals surface area (Å²) in [5.41, 5.74) is 1.92. The van der Waals surface area contributed by atoms with Gasteiger partial charge in [-0.05, 0) is 12.5 Å². The Balaban J connectivity index is 2.96. The molecular weight excluding hydrogens is 146 g/mol. The molecule has 1 rings (SSSR count). The summed E-state index contributed by atoms with van der Waals surface area (Å²) < 4.78 is 3.55. The minimum absolute atomic E-state index is 0.849. The lowest BCUT2D eigenvalue weighted by Gasteiger charge is -1.94. The van der Waals surface area contributed by atoms with Crippen LogP contribution < -0.4 is 0 Å². The third-order valence-corrected chi connectivity index (χ3v) is 1.57. The molecule has 0 aromatic heterocycles. The highest BCUT2D eigenvalue weighted by Crippen LogP contribution is 2.01. The number of hydrogen-bond donors (Lipinski definition) is 0. The highest BCUT2D eigenvalue weighted by Gasteiger charge is 1.91. The van der Waals surface area contributed by atoms with Crippen molar-refractivity contribution in [2.75, 3.05) is 0 Å². The van der Waals surface area contributed by atoms with Gasteiger partial charge in [0.2, 0.25) is 0 Å². The van der Waals surface area contributed by atoms with Gasteiger partial charge in [-0.15, -0.1) is 0 Å². The van der Waals surface area contributed by atoms with Crippen LogP contribution in [0.5, 0.6) is 0 Å². The van der Waals surface area contributed by atoms with E-state index >= 15 is 0 Å². The van der Waals surface area contributed by atoms with Crippen molar-refractivity contribution in [2.24, 2.45) is 4.51 Å². The molecule has 0 aliphatic rings. The van der Waals surface area contributed by atoms with E-state index in [4.69, 9.17) is 11.8 Å². The largest absolute Gasteiger partial charge is 0.182 e. The molecule has 0 fully saturated rings. The fourth-order valence-electron chi connectivity index (χ4n) is 0.728. The fourth-order valence-corrected chi connectivity index (χ4v) is 0.826. The molecule has 1 aromatic rings. The normalized spacial score (nSPS) is 11.6. The summed E-state index contributed by atoms with van der Waals surface area (Å²) in [6, 6.07) is 9.83. The summed E-state index contributed by atoms with van der Waals surface area (Å²) in [5, 5.41) is 0. The van der Waals surface area contributed by atoms with E-state index in [0.717, 1.165) is 11.3 Å². The lowest BCUT2D eigenvalue weighted by Crippen LogP contribution is -1.90. The van der Waals surface area contributed by atoms with Crippen molar-refractivity contribution >= 4 is 17.5 Å². The number of rotatable bonds is 1. The lowest BCUT2D eigenvalue weighted by molar-refractivity contribution is 1.60. The van der Waals surface area contributed by atoms with Crippen molar-refractivity contribution in [2.45, 2.75) is 6.92 Å². The molecule has 0 saturated heterocycles. The fraction of sp³-hybridized carbons (Fsp3) is 0.125. The molecule has 0 saturated carbocycles. The van der Waals surface area contributed by atoms with Crippen LogP contribution in [-0.2, 0) is 0 Å². The molecular formula is C8H8ClN. The molecule has 0 heterocycles. The van der Waals surface area contributed by atoms with E-state index in [1.165, 1.54) is 0 Å². The molecule has 0 aliphatic carbocycles. The molecule has 0 spiro atoms. The van der Waals surface area contributed by atoms with E-state index in [0.29, 0.717) is 0 Å². The maximum atomic E-state index is 5.27. The SMILES string of the molecule is CC(=NCl)c1ccccc1. The molecule has 0 amide bonds. The van der Waals surface area contributed by atoms with Crippen LogP contribution in [0, 0.1) is 0 Å². The van der Waals surface area contributed by atoms with E-state index in [-0.39, 0.29) is 0 Å². The van der Waals surface area contributed by atoms with Gasteiger partial charge in [0.1, 0.15) is 0 Å². The number of hydrogen-bond acceptors (Lipinski definition) is 1. The second kappa shape index (κ2) is 3.37. The number of nitrogens with zero attached hydrogens (tertiary/aromatic N) is 1. The molecule has 10 heavy (non-hydrogen) atoms. The van der Waals surface area contributed by atoms with E-state index in [2.05, 4.69) is 4.51 Å². The van der Waals surface area contributed by atoms with Crippen LogP contribution in [0.15, 0.2) is 34.8 Å². The zero-order valence-electron chi connectivity index (χ0n) is 5.71. The van der Waals surface area contributed by atoms with Crippen molar-refractivity contribution in [1.29, 1.82) is 0 Å². The van der Waals surface area contributed by atoms with Gasteiger partial charge in [0.25, 0.3) is 0 Å². The van der Waals surface area contributed by atoms with Gasteiger partial charge in [0.05, 0.1) is 5.71 Å². The van der Waals surface area contributed by atoms with Gasteiger partial charge in [-0.1, -0.05) is 30.3 Å². The van der Waals surface area contributed by atoms with Gasteiger partial charge >= 0.3 is 0 Å². The maximum Gasteiger partial charge on any atom is 0.0592 e. The number of halogens is 1. The van der Waals surface area contributed by atoms with Crippen molar-refractivity contribution in [3.8, 4) is 0 Å². The molecule has 0 N–H and O–H groups in total. The van der Waals surface area contributed by atoms with Crippen molar-refractivity contribution in [1.82, 2.24) is 0 Å². The van der Waals surface area contributed by atoms with Crippen LogP contribution in [0.4, 0.5) is 0 Å². The number of benzene rings is 1. The molecule has 0 radical (unpaired) electrons. The summed E-state index contributed by atoms with van der Waals surface area (Å²) in [6.45, 7) is 1.88. The van der Waals surface area contributed by atoms with Crippen LogP contribution in [-0.4, -0.2) is 5.71 Å². The quantitative estimate of drug-likeness (QED) is 0.550. The van der Waals surface area contributed by atoms with Gasteiger partial charge in [0.15, 0.2) is 0 Å². The van der Waals surface area contributed by atoms with Gasteiger partial charge in [-0.2, -0.15) is 4.51 Å². The van der Waals surface area contributed by atoms with Crippen LogP contribution in [0.2, 0.25) is 0 Å². The Morgan fingerprint density at radius 3 is 2.40 bits per heavy atom.